The topological polar surface area (TPSA) is 61.8 Å². The molecule has 0 bridgehead atoms. The summed E-state index contributed by atoms with van der Waals surface area (Å²) in [7, 11) is 0. The molecule has 1 fully saturated rings. The maximum Gasteiger partial charge on any atom is 0.318 e. The van der Waals surface area contributed by atoms with Crippen LogP contribution >= 0.6 is 0 Å². The smallest absolute Gasteiger partial charge is 0.318 e. The Morgan fingerprint density at radius 2 is 1.81 bits per heavy atom. The van der Waals surface area contributed by atoms with E-state index in [9.17, 15) is 9.59 Å². The predicted octanol–water partition coefficient (Wildman–Crippen LogP) is 1.26. The Bertz CT molecular complexity index is 260. The summed E-state index contributed by atoms with van der Waals surface area (Å²) in [5.74, 6) is -1.04. The van der Waals surface area contributed by atoms with Gasteiger partial charge in [0.05, 0.1) is 25.0 Å². The lowest BCUT2D eigenvalue weighted by Gasteiger charge is -2.15. The van der Waals surface area contributed by atoms with Crippen LogP contribution in [0.15, 0.2) is 0 Å². The van der Waals surface area contributed by atoms with Crippen molar-refractivity contribution in [2.75, 3.05) is 13.2 Å². The standard InChI is InChI=1S/C11H18O5/c1-11(2,3)10(13)16-8(12)4-5-9-14-6-7-15-9/h9H,4-7H2,1-3H3. The molecule has 0 N–H and O–H groups in total. The highest BCUT2D eigenvalue weighted by Crippen LogP contribution is 2.16. The molecule has 0 amide bonds. The third-order valence-corrected chi connectivity index (χ3v) is 2.09. The molecule has 16 heavy (non-hydrogen) atoms. The largest absolute Gasteiger partial charge is 0.393 e. The van der Waals surface area contributed by atoms with Crippen molar-refractivity contribution in [2.24, 2.45) is 5.41 Å². The second kappa shape index (κ2) is 5.41. The lowest BCUT2D eigenvalue weighted by Crippen LogP contribution is -2.26. The lowest BCUT2D eigenvalue weighted by molar-refractivity contribution is -0.166. The minimum absolute atomic E-state index is 0.131. The van der Waals surface area contributed by atoms with Gasteiger partial charge in [-0.25, -0.2) is 0 Å². The van der Waals surface area contributed by atoms with Gasteiger partial charge in [0, 0.05) is 6.42 Å². The minimum atomic E-state index is -0.657. The number of hydrogen-bond donors (Lipinski definition) is 0. The SMILES string of the molecule is CC(C)(C)C(=O)OC(=O)CCC1OCCO1. The molecular formula is C11H18O5. The van der Waals surface area contributed by atoms with Gasteiger partial charge < -0.3 is 14.2 Å². The van der Waals surface area contributed by atoms with E-state index >= 15 is 0 Å². The number of carbonyl (C=O) groups excluding carboxylic acids is 2. The summed E-state index contributed by atoms with van der Waals surface area (Å²) in [5.41, 5.74) is -0.657. The Morgan fingerprint density at radius 1 is 1.25 bits per heavy atom. The van der Waals surface area contributed by atoms with Gasteiger partial charge in [-0.05, 0) is 20.8 Å². The van der Waals surface area contributed by atoms with Crippen LogP contribution in [-0.2, 0) is 23.8 Å². The third-order valence-electron chi connectivity index (χ3n) is 2.09. The van der Waals surface area contributed by atoms with Crippen LogP contribution in [0.3, 0.4) is 0 Å². The number of ether oxygens (including phenoxy) is 3. The van der Waals surface area contributed by atoms with Crippen molar-refractivity contribution in [1.82, 2.24) is 0 Å². The maximum atomic E-state index is 11.4. The summed E-state index contributed by atoms with van der Waals surface area (Å²) in [6.45, 7) is 6.21. The highest BCUT2D eigenvalue weighted by molar-refractivity contribution is 5.88. The van der Waals surface area contributed by atoms with Crippen LogP contribution in [0.5, 0.6) is 0 Å². The third kappa shape index (κ3) is 4.28. The van der Waals surface area contributed by atoms with E-state index in [-0.39, 0.29) is 12.7 Å². The van der Waals surface area contributed by atoms with E-state index in [2.05, 4.69) is 4.74 Å². The van der Waals surface area contributed by atoms with Crippen LogP contribution in [-0.4, -0.2) is 31.4 Å². The molecule has 1 aliphatic rings. The molecule has 92 valence electrons. The van der Waals surface area contributed by atoms with Crippen LogP contribution < -0.4 is 0 Å². The van der Waals surface area contributed by atoms with Crippen LogP contribution in [0.25, 0.3) is 0 Å². The normalized spacial score (nSPS) is 17.4. The molecule has 5 heteroatoms. The van der Waals surface area contributed by atoms with Gasteiger partial charge in [-0.15, -0.1) is 0 Å². The summed E-state index contributed by atoms with van der Waals surface area (Å²) in [6, 6.07) is 0. The molecular weight excluding hydrogens is 212 g/mol. The summed E-state index contributed by atoms with van der Waals surface area (Å²) < 4.78 is 15.0. The zero-order valence-electron chi connectivity index (χ0n) is 9.95. The number of hydrogen-bond acceptors (Lipinski definition) is 5. The van der Waals surface area contributed by atoms with Crippen LogP contribution in [0, 0.1) is 5.41 Å². The number of esters is 2. The average molecular weight is 230 g/mol. The number of carbonyl (C=O) groups is 2. The van der Waals surface area contributed by atoms with Crippen LogP contribution in [0.4, 0.5) is 0 Å². The van der Waals surface area contributed by atoms with E-state index in [0.29, 0.717) is 19.6 Å². The van der Waals surface area contributed by atoms with Crippen molar-refractivity contribution in [3.05, 3.63) is 0 Å². The molecule has 0 saturated carbocycles. The van der Waals surface area contributed by atoms with Gasteiger partial charge in [0.1, 0.15) is 0 Å². The molecule has 1 rings (SSSR count). The van der Waals surface area contributed by atoms with Gasteiger partial charge in [0.2, 0.25) is 0 Å². The fourth-order valence-corrected chi connectivity index (χ4v) is 1.12. The first kappa shape index (κ1) is 13.1. The zero-order valence-corrected chi connectivity index (χ0v) is 9.95. The van der Waals surface area contributed by atoms with Gasteiger partial charge >= 0.3 is 11.9 Å². The summed E-state index contributed by atoms with van der Waals surface area (Å²) in [4.78, 5) is 22.7. The van der Waals surface area contributed by atoms with E-state index in [1.165, 1.54) is 0 Å². The second-order valence-corrected chi connectivity index (χ2v) is 4.72. The van der Waals surface area contributed by atoms with E-state index in [1.807, 2.05) is 0 Å². The molecule has 0 aliphatic carbocycles. The van der Waals surface area contributed by atoms with E-state index in [1.54, 1.807) is 20.8 Å². The second-order valence-electron chi connectivity index (χ2n) is 4.72. The highest BCUT2D eigenvalue weighted by atomic mass is 16.7. The Kier molecular flexibility index (Phi) is 4.44. The van der Waals surface area contributed by atoms with Crippen molar-refractivity contribution >= 4 is 11.9 Å². The first-order valence-corrected chi connectivity index (χ1v) is 5.38. The summed E-state index contributed by atoms with van der Waals surface area (Å²) in [5, 5.41) is 0. The molecule has 1 aliphatic heterocycles. The molecule has 0 aromatic carbocycles. The van der Waals surface area contributed by atoms with Crippen LogP contribution in [0.1, 0.15) is 33.6 Å². The molecule has 1 heterocycles. The van der Waals surface area contributed by atoms with Crippen molar-refractivity contribution in [1.29, 1.82) is 0 Å². The molecule has 0 atom stereocenters. The predicted molar refractivity (Wildman–Crippen MR) is 55.5 cm³/mol. The molecule has 0 unspecified atom stereocenters. The van der Waals surface area contributed by atoms with E-state index in [4.69, 9.17) is 9.47 Å². The Morgan fingerprint density at radius 3 is 2.31 bits per heavy atom. The first-order chi connectivity index (χ1) is 7.39. The fourth-order valence-electron chi connectivity index (χ4n) is 1.12. The van der Waals surface area contributed by atoms with E-state index < -0.39 is 17.4 Å². The maximum absolute atomic E-state index is 11.4. The summed E-state index contributed by atoms with van der Waals surface area (Å²) >= 11 is 0. The van der Waals surface area contributed by atoms with E-state index in [0.717, 1.165) is 0 Å². The van der Waals surface area contributed by atoms with Gasteiger partial charge in [-0.2, -0.15) is 0 Å². The number of rotatable bonds is 3. The monoisotopic (exact) mass is 230 g/mol. The molecule has 5 nitrogen and oxygen atoms in total. The van der Waals surface area contributed by atoms with Gasteiger partial charge in [-0.1, -0.05) is 0 Å². The van der Waals surface area contributed by atoms with Crippen molar-refractivity contribution in [3.8, 4) is 0 Å². The Labute approximate surface area is 95.0 Å². The summed E-state index contributed by atoms with van der Waals surface area (Å²) in [6.07, 6.45) is 0.222. The quantitative estimate of drug-likeness (QED) is 0.539. The van der Waals surface area contributed by atoms with Crippen molar-refractivity contribution in [3.63, 3.8) is 0 Å². The molecule has 0 aromatic rings. The molecule has 1 saturated heterocycles. The average Bonchev–Trinajstić information content (AvgIpc) is 2.65. The Hall–Kier alpha value is -0.940. The van der Waals surface area contributed by atoms with Crippen molar-refractivity contribution < 1.29 is 23.8 Å². The van der Waals surface area contributed by atoms with Gasteiger partial charge in [-0.3, -0.25) is 9.59 Å². The highest BCUT2D eigenvalue weighted by Gasteiger charge is 2.26. The zero-order chi connectivity index (χ0) is 12.2. The Balaban J connectivity index is 2.22. The van der Waals surface area contributed by atoms with Gasteiger partial charge in [0.15, 0.2) is 6.29 Å². The fraction of sp³-hybridized carbons (Fsp3) is 0.818. The lowest BCUT2D eigenvalue weighted by atomic mass is 9.97. The van der Waals surface area contributed by atoms with Gasteiger partial charge in [0.25, 0.3) is 0 Å². The van der Waals surface area contributed by atoms with Crippen LogP contribution in [0.2, 0.25) is 0 Å². The molecule has 0 radical (unpaired) electrons. The molecule has 0 spiro atoms. The van der Waals surface area contributed by atoms with Crippen molar-refractivity contribution in [2.45, 2.75) is 39.9 Å². The molecule has 0 aromatic heterocycles. The minimum Gasteiger partial charge on any atom is -0.393 e. The first-order valence-electron chi connectivity index (χ1n) is 5.38.